The van der Waals surface area contributed by atoms with Crippen molar-refractivity contribution in [2.45, 2.75) is 39.3 Å². The van der Waals surface area contributed by atoms with Gasteiger partial charge in [-0.1, -0.05) is 43.7 Å². The molecule has 0 radical (unpaired) electrons. The van der Waals surface area contributed by atoms with Crippen molar-refractivity contribution in [2.24, 2.45) is 0 Å². The van der Waals surface area contributed by atoms with E-state index in [9.17, 15) is 9.59 Å². The maximum atomic E-state index is 12.6. The van der Waals surface area contributed by atoms with Crippen LogP contribution in [0.3, 0.4) is 0 Å². The molecule has 0 aliphatic heterocycles. The second-order valence-electron chi connectivity index (χ2n) is 6.85. The van der Waals surface area contributed by atoms with Crippen molar-refractivity contribution in [1.29, 1.82) is 0 Å². The first-order chi connectivity index (χ1) is 13.6. The molecule has 1 aromatic carbocycles. The lowest BCUT2D eigenvalue weighted by Crippen LogP contribution is -2.35. The van der Waals surface area contributed by atoms with Crippen LogP contribution in [0.5, 0.6) is 0 Å². The van der Waals surface area contributed by atoms with Gasteiger partial charge in [0.2, 0.25) is 0 Å². The molecular weight excluding hydrogens is 356 g/mol. The molecule has 0 saturated heterocycles. The Kier molecular flexibility index (Phi) is 4.68. The van der Waals surface area contributed by atoms with Crippen LogP contribution in [0.25, 0.3) is 22.6 Å². The fourth-order valence-corrected chi connectivity index (χ4v) is 3.23. The van der Waals surface area contributed by atoms with Crippen LogP contribution in [-0.2, 0) is 6.54 Å². The van der Waals surface area contributed by atoms with E-state index in [0.29, 0.717) is 17.9 Å². The first kappa shape index (κ1) is 18.0. The molecule has 0 aliphatic carbocycles. The van der Waals surface area contributed by atoms with E-state index in [2.05, 4.69) is 39.1 Å². The number of fused-ring (bicyclic) bond motifs is 1. The zero-order valence-electron chi connectivity index (χ0n) is 15.8. The maximum absolute atomic E-state index is 12.6. The van der Waals surface area contributed by atoms with Crippen molar-refractivity contribution in [2.75, 3.05) is 0 Å². The van der Waals surface area contributed by atoms with E-state index >= 15 is 0 Å². The predicted octanol–water partition coefficient (Wildman–Crippen LogP) is 2.69. The third-order valence-corrected chi connectivity index (χ3v) is 4.92. The highest BCUT2D eigenvalue weighted by Gasteiger charge is 2.15. The monoisotopic (exact) mass is 378 g/mol. The number of benzene rings is 1. The molecule has 1 unspecified atom stereocenters. The minimum Gasteiger partial charge on any atom is -0.332 e. The molecule has 0 saturated carbocycles. The summed E-state index contributed by atoms with van der Waals surface area (Å²) in [6.45, 7) is 4.47. The summed E-state index contributed by atoms with van der Waals surface area (Å²) in [5.41, 5.74) is 1.67. The Morgan fingerprint density at radius 2 is 1.93 bits per heavy atom. The first-order valence-corrected chi connectivity index (χ1v) is 9.40. The van der Waals surface area contributed by atoms with Crippen LogP contribution < -0.4 is 11.2 Å². The fraction of sp³-hybridized carbons (Fsp3) is 0.300. The van der Waals surface area contributed by atoms with E-state index in [1.807, 2.05) is 36.0 Å². The lowest BCUT2D eigenvalue weighted by atomic mass is 10.1. The van der Waals surface area contributed by atoms with Crippen LogP contribution in [0.1, 0.15) is 38.3 Å². The fourth-order valence-electron chi connectivity index (χ4n) is 3.23. The van der Waals surface area contributed by atoms with Gasteiger partial charge in [0.15, 0.2) is 5.65 Å². The van der Waals surface area contributed by atoms with Gasteiger partial charge in [-0.2, -0.15) is 5.10 Å². The molecule has 4 rings (SSSR count). The van der Waals surface area contributed by atoms with Gasteiger partial charge in [0, 0.05) is 12.7 Å². The average Bonchev–Trinajstić information content (AvgIpc) is 3.35. The van der Waals surface area contributed by atoms with Gasteiger partial charge in [-0.05, 0) is 18.9 Å². The van der Waals surface area contributed by atoms with E-state index in [0.717, 1.165) is 24.0 Å². The SMILES string of the molecule is CCCCn1c(=O)[nH]c2nc(-c3cnn(C(C)c4ccccc4)c3)[nH]c2c1=O. The lowest BCUT2D eigenvalue weighted by molar-refractivity contribution is 0.564. The molecule has 3 heterocycles. The molecule has 3 aromatic heterocycles. The van der Waals surface area contributed by atoms with E-state index < -0.39 is 5.69 Å². The average molecular weight is 378 g/mol. The Morgan fingerprint density at radius 3 is 2.68 bits per heavy atom. The summed E-state index contributed by atoms with van der Waals surface area (Å²) in [6, 6.07) is 10.1. The number of nitrogens with zero attached hydrogens (tertiary/aromatic N) is 4. The largest absolute Gasteiger partial charge is 0.332 e. The number of unbranched alkanes of at least 4 members (excludes halogenated alkanes) is 1. The topological polar surface area (TPSA) is 101 Å². The second kappa shape index (κ2) is 7.30. The third-order valence-electron chi connectivity index (χ3n) is 4.92. The van der Waals surface area contributed by atoms with Gasteiger partial charge in [0.1, 0.15) is 11.3 Å². The van der Waals surface area contributed by atoms with E-state index in [4.69, 9.17) is 0 Å². The lowest BCUT2D eigenvalue weighted by Gasteiger charge is -2.11. The molecule has 8 nitrogen and oxygen atoms in total. The molecule has 8 heteroatoms. The number of hydrogen-bond donors (Lipinski definition) is 2. The Bertz CT molecular complexity index is 1210. The van der Waals surface area contributed by atoms with E-state index in [1.165, 1.54) is 4.57 Å². The third kappa shape index (κ3) is 3.17. The normalized spacial score (nSPS) is 12.5. The Labute approximate surface area is 160 Å². The van der Waals surface area contributed by atoms with Crippen molar-refractivity contribution in [3.05, 3.63) is 69.1 Å². The van der Waals surface area contributed by atoms with Crippen molar-refractivity contribution < 1.29 is 0 Å². The number of rotatable bonds is 6. The molecule has 2 N–H and O–H groups in total. The first-order valence-electron chi connectivity index (χ1n) is 9.40. The van der Waals surface area contributed by atoms with Crippen molar-refractivity contribution in [3.63, 3.8) is 0 Å². The summed E-state index contributed by atoms with van der Waals surface area (Å²) >= 11 is 0. The summed E-state index contributed by atoms with van der Waals surface area (Å²) in [7, 11) is 0. The summed E-state index contributed by atoms with van der Waals surface area (Å²) in [6.07, 6.45) is 5.24. The van der Waals surface area contributed by atoms with Crippen molar-refractivity contribution >= 4 is 11.2 Å². The summed E-state index contributed by atoms with van der Waals surface area (Å²) in [4.78, 5) is 35.0. The highest BCUT2D eigenvalue weighted by atomic mass is 16.2. The molecule has 0 aliphatic rings. The minimum absolute atomic E-state index is 0.0606. The van der Waals surface area contributed by atoms with E-state index in [1.54, 1.807) is 6.20 Å². The molecular formula is C20H22N6O2. The number of aromatic amines is 2. The van der Waals surface area contributed by atoms with Gasteiger partial charge in [-0.25, -0.2) is 9.78 Å². The van der Waals surface area contributed by atoms with Crippen LogP contribution in [0.4, 0.5) is 0 Å². The Hall–Kier alpha value is -3.42. The van der Waals surface area contributed by atoms with Crippen molar-refractivity contribution in [3.8, 4) is 11.4 Å². The van der Waals surface area contributed by atoms with Crippen LogP contribution in [0, 0.1) is 0 Å². The number of nitrogens with one attached hydrogen (secondary N) is 2. The van der Waals surface area contributed by atoms with Crippen LogP contribution in [0.2, 0.25) is 0 Å². The minimum atomic E-state index is -0.433. The van der Waals surface area contributed by atoms with E-state index in [-0.39, 0.29) is 17.2 Å². The summed E-state index contributed by atoms with van der Waals surface area (Å²) < 4.78 is 3.06. The molecule has 28 heavy (non-hydrogen) atoms. The summed E-state index contributed by atoms with van der Waals surface area (Å²) in [5, 5.41) is 4.44. The number of H-pyrrole nitrogens is 2. The molecule has 0 amide bonds. The van der Waals surface area contributed by atoms with Crippen LogP contribution >= 0.6 is 0 Å². The second-order valence-corrected chi connectivity index (χ2v) is 6.85. The highest BCUT2D eigenvalue weighted by molar-refractivity contribution is 5.74. The van der Waals surface area contributed by atoms with Gasteiger partial charge >= 0.3 is 5.69 Å². The number of imidazole rings is 1. The van der Waals surface area contributed by atoms with Gasteiger partial charge in [0.05, 0.1) is 17.8 Å². The van der Waals surface area contributed by atoms with Gasteiger partial charge in [-0.15, -0.1) is 0 Å². The van der Waals surface area contributed by atoms with Gasteiger partial charge < -0.3 is 4.98 Å². The Balaban J connectivity index is 1.71. The zero-order chi connectivity index (χ0) is 19.7. The van der Waals surface area contributed by atoms with Gasteiger partial charge in [0.25, 0.3) is 5.56 Å². The quantitative estimate of drug-likeness (QED) is 0.538. The van der Waals surface area contributed by atoms with Crippen LogP contribution in [-0.4, -0.2) is 29.3 Å². The highest BCUT2D eigenvalue weighted by Crippen LogP contribution is 2.21. The zero-order valence-corrected chi connectivity index (χ0v) is 15.8. The van der Waals surface area contributed by atoms with Crippen molar-refractivity contribution in [1.82, 2.24) is 29.3 Å². The molecule has 144 valence electrons. The summed E-state index contributed by atoms with van der Waals surface area (Å²) in [5.74, 6) is 0.502. The molecule has 0 fully saturated rings. The molecule has 0 spiro atoms. The molecule has 1 atom stereocenters. The smallest absolute Gasteiger partial charge is 0.330 e. The van der Waals surface area contributed by atoms with Gasteiger partial charge in [-0.3, -0.25) is 19.0 Å². The number of hydrogen-bond acceptors (Lipinski definition) is 4. The molecule has 4 aromatic rings. The molecule has 0 bridgehead atoms. The Morgan fingerprint density at radius 1 is 1.14 bits per heavy atom. The van der Waals surface area contributed by atoms with Crippen LogP contribution in [0.15, 0.2) is 52.3 Å². The predicted molar refractivity (Wildman–Crippen MR) is 107 cm³/mol. The number of aromatic nitrogens is 6. The standard InChI is InChI=1S/C20H22N6O2/c1-3-4-10-25-19(27)16-18(24-20(25)28)23-17(22-16)15-11-21-26(12-15)13(2)14-8-6-5-7-9-14/h5-9,11-13H,3-4,10H2,1-2H3,(H,22,23)(H,24,28). The maximum Gasteiger partial charge on any atom is 0.330 e.